The molecule has 21 nitrogen and oxygen atoms in total. The monoisotopic (exact) mass is 1750 g/mol. The Morgan fingerprint density at radius 2 is 0.500 bits per heavy atom. The number of fused-ring (bicyclic) bond motifs is 52. The lowest BCUT2D eigenvalue weighted by Gasteiger charge is -2.18. The van der Waals surface area contributed by atoms with Gasteiger partial charge in [-0.15, -0.1) is 9.97 Å². The molecule has 0 saturated carbocycles. The Kier molecular flexibility index (Phi) is 17.3. The lowest BCUT2D eigenvalue weighted by Crippen LogP contribution is -1.98. The standard InChI is InChI=1S/C31H12N6.C30H13N5.C29H14N4.C27H12N6/c1-33-27-21(16-32)30-26(28(34-2)29(27)35-3)24-19-12-6-4-10-17(19)18-11-5-7-13-20(18)25(24)31-36-22-14-8-9-15-23(22)37(30)31;1-31-22-16-24-27(29(33-3)28(22)32-2)25-19-12-6-4-10-17(19)18-11-5-7-13-20(18)26(25)30-34-21-14-8-9-15-23(21)35(24)30;1-30-23-15-21-26(16-24(23)31-2)33-25-14-8-7-13-22(25)32-29(33)28-20-12-6-4-10-18(20)17-9-3-5-11-19(17)27(21)28;1-28-24-25(29-2)32-27-23(31-24)21-17-11-5-3-9-15(17)16-10-4-6-12-18(16)22(21)26-30-19-13-7-8-14-20(19)33(26)27/h4-15H;4-16H;3-16H;3-14H. The number of hydrogen-bond donors (Lipinski definition) is 0. The van der Waals surface area contributed by atoms with E-state index in [1.54, 1.807) is 6.07 Å². The molecule has 0 radical (unpaired) electrons. The van der Waals surface area contributed by atoms with Gasteiger partial charge in [-0.3, -0.25) is 56.4 Å². The topological polar surface area (TPSA) is 162 Å². The first-order valence-corrected chi connectivity index (χ1v) is 43.5. The molecule has 0 spiro atoms. The summed E-state index contributed by atoms with van der Waals surface area (Å²) in [5, 5.41) is 37.0. The van der Waals surface area contributed by atoms with Gasteiger partial charge < -0.3 is 9.69 Å². The van der Waals surface area contributed by atoms with Crippen LogP contribution in [0.5, 0.6) is 0 Å². The van der Waals surface area contributed by atoms with Crippen LogP contribution < -0.4 is 0 Å². The number of aromatic nitrogens is 10. The normalized spacial score (nSPS) is 11.4. The van der Waals surface area contributed by atoms with Crippen LogP contribution in [0.1, 0.15) is 5.56 Å². The third-order valence-corrected chi connectivity index (χ3v) is 26.6. The van der Waals surface area contributed by atoms with Crippen LogP contribution in [-0.4, -0.2) is 47.5 Å². The van der Waals surface area contributed by atoms with Crippen molar-refractivity contribution in [2.45, 2.75) is 0 Å². The fourth-order valence-corrected chi connectivity index (χ4v) is 21.2. The molecule has 0 atom stereocenters. The van der Waals surface area contributed by atoms with E-state index in [-0.39, 0.29) is 51.3 Å². The second-order valence-electron chi connectivity index (χ2n) is 33.2. The molecule has 0 bridgehead atoms. The molecule has 21 heteroatoms. The molecule has 0 N–H and O–H groups in total. The number of para-hydroxylation sites is 8. The Morgan fingerprint density at radius 1 is 0.203 bits per heavy atom. The molecule has 0 amide bonds. The fourth-order valence-electron chi connectivity index (χ4n) is 21.2. The molecule has 138 heavy (non-hydrogen) atoms. The van der Waals surface area contributed by atoms with Gasteiger partial charge in [-0.25, -0.2) is 19.9 Å². The maximum atomic E-state index is 10.3. The van der Waals surface area contributed by atoms with Crippen LogP contribution in [0, 0.1) is 77.1 Å². The van der Waals surface area contributed by atoms with E-state index in [9.17, 15) is 5.26 Å². The largest absolute Gasteiger partial charge is 0.370 e. The average Bonchev–Trinajstić information content (AvgIpc) is 1.38. The highest BCUT2D eigenvalue weighted by Gasteiger charge is 2.32. The molecule has 624 valence electrons. The van der Waals surface area contributed by atoms with E-state index in [4.69, 9.17) is 90.6 Å². The van der Waals surface area contributed by atoms with Gasteiger partial charge in [0.25, 0.3) is 17.3 Å². The van der Waals surface area contributed by atoms with Gasteiger partial charge in [-0.2, -0.15) is 5.26 Å². The molecule has 0 aliphatic heterocycles. The van der Waals surface area contributed by atoms with E-state index in [0.29, 0.717) is 50.0 Å². The Balaban J connectivity index is 0.0000000976. The third kappa shape index (κ3) is 10.9. The zero-order chi connectivity index (χ0) is 93.1. The van der Waals surface area contributed by atoms with Gasteiger partial charge in [0.05, 0.1) is 108 Å². The van der Waals surface area contributed by atoms with E-state index in [2.05, 4.69) is 173 Å². The van der Waals surface area contributed by atoms with Crippen molar-refractivity contribution in [1.82, 2.24) is 47.5 Å². The molecule has 9 aromatic heterocycles. The van der Waals surface area contributed by atoms with E-state index >= 15 is 0 Å². The fraction of sp³-hybridized carbons (Fsp3) is 0. The molecule has 9 heterocycles. The van der Waals surface area contributed by atoms with Crippen molar-refractivity contribution < 1.29 is 0 Å². The van der Waals surface area contributed by atoms with Crippen molar-refractivity contribution in [3.8, 4) is 6.07 Å². The van der Waals surface area contributed by atoms with E-state index in [1.165, 1.54) is 10.8 Å². The number of nitrogens with zero attached hydrogens (tertiary/aromatic N) is 21. The van der Waals surface area contributed by atoms with Crippen LogP contribution in [-0.2, 0) is 0 Å². The molecule has 0 aliphatic carbocycles. The van der Waals surface area contributed by atoms with Crippen molar-refractivity contribution in [2.75, 3.05) is 0 Å². The van der Waals surface area contributed by atoms with Crippen molar-refractivity contribution in [1.29, 1.82) is 5.26 Å². The maximum absolute atomic E-state index is 10.3. The highest BCUT2D eigenvalue weighted by Crippen LogP contribution is 2.56. The van der Waals surface area contributed by atoms with Crippen LogP contribution in [0.15, 0.2) is 309 Å². The Morgan fingerprint density at radius 3 is 0.899 bits per heavy atom. The quantitative estimate of drug-likeness (QED) is 0.108. The van der Waals surface area contributed by atoms with Gasteiger partial charge in [0.2, 0.25) is 22.6 Å². The second-order valence-corrected chi connectivity index (χ2v) is 33.2. The van der Waals surface area contributed by atoms with Crippen LogP contribution in [0.3, 0.4) is 0 Å². The number of benzene rings is 19. The lowest BCUT2D eigenvalue weighted by atomic mass is 9.90. The highest BCUT2D eigenvalue weighted by molar-refractivity contribution is 6.41. The van der Waals surface area contributed by atoms with Crippen molar-refractivity contribution in [2.24, 2.45) is 0 Å². The Hall–Kier alpha value is -21.4. The van der Waals surface area contributed by atoms with Gasteiger partial charge in [-0.05, 0) is 168 Å². The van der Waals surface area contributed by atoms with Gasteiger partial charge in [-0.1, -0.05) is 262 Å². The highest BCUT2D eigenvalue weighted by atomic mass is 15.1. The number of imidazole rings is 4. The second kappa shape index (κ2) is 30.4. The van der Waals surface area contributed by atoms with Crippen LogP contribution >= 0.6 is 0 Å². The summed E-state index contributed by atoms with van der Waals surface area (Å²) in [5.41, 5.74) is 14.3. The number of pyridine rings is 4. The van der Waals surface area contributed by atoms with Crippen LogP contribution in [0.2, 0.25) is 0 Å². The van der Waals surface area contributed by atoms with E-state index in [0.717, 1.165) is 190 Å². The minimum Gasteiger partial charge on any atom is -0.370 e. The summed E-state index contributed by atoms with van der Waals surface area (Å²) in [5.74, 6) is 0.0147. The predicted octanol–water partition coefficient (Wildman–Crippen LogP) is 32.6. The van der Waals surface area contributed by atoms with Crippen molar-refractivity contribution in [3.05, 3.63) is 429 Å². The number of nitriles is 1. The van der Waals surface area contributed by atoms with E-state index < -0.39 is 0 Å². The Labute approximate surface area is 779 Å². The summed E-state index contributed by atoms with van der Waals surface area (Å²) in [6, 6.07) is 105. The molecule has 28 aromatic rings. The molecule has 19 aromatic carbocycles. The molecule has 0 unspecified atom stereocenters. The smallest absolute Gasteiger partial charge is 0.295 e. The van der Waals surface area contributed by atoms with Crippen LogP contribution in [0.25, 0.3) is 288 Å². The minimum atomic E-state index is -0.0977. The first-order valence-electron chi connectivity index (χ1n) is 43.5. The number of rotatable bonds is 0. The molecular weight excluding hydrogens is 1700 g/mol. The number of hydrogen-bond acceptors (Lipinski definition) is 7. The lowest BCUT2D eigenvalue weighted by molar-refractivity contribution is 1.22. The van der Waals surface area contributed by atoms with Crippen molar-refractivity contribution in [3.63, 3.8) is 0 Å². The first-order chi connectivity index (χ1) is 68.1. The average molecular weight is 1750 g/mol. The zero-order valence-corrected chi connectivity index (χ0v) is 71.8. The Bertz CT molecular complexity index is 10900. The summed E-state index contributed by atoms with van der Waals surface area (Å²) >= 11 is 0. The zero-order valence-electron chi connectivity index (χ0n) is 71.8. The maximum Gasteiger partial charge on any atom is 0.295 e. The van der Waals surface area contributed by atoms with Gasteiger partial charge in [0.15, 0.2) is 28.4 Å². The molecule has 0 aliphatic rings. The molecular formula is C117H51N21. The summed E-state index contributed by atoms with van der Waals surface area (Å²) < 4.78 is 8.06. The van der Waals surface area contributed by atoms with Gasteiger partial charge >= 0.3 is 0 Å². The summed E-state index contributed by atoms with van der Waals surface area (Å²) in [7, 11) is 0. The van der Waals surface area contributed by atoms with E-state index in [1.807, 2.05) is 207 Å². The molecule has 0 saturated heterocycles. The summed E-state index contributed by atoms with van der Waals surface area (Å²) in [4.78, 5) is 65.9. The van der Waals surface area contributed by atoms with Crippen molar-refractivity contribution >= 4 is 297 Å². The predicted molar refractivity (Wildman–Crippen MR) is 554 cm³/mol. The van der Waals surface area contributed by atoms with Gasteiger partial charge in [0, 0.05) is 54.3 Å². The van der Waals surface area contributed by atoms with Crippen LogP contribution in [0.4, 0.5) is 57.1 Å². The first kappa shape index (κ1) is 78.8. The SMILES string of the molecule is [C-]#[N+]c1c([N+]#[C-])c(C#N)c2c(c1[N+]#[C-])c1c3ccccc3c3ccccc3c1c1nc3ccccc3n12.[C-]#[N+]c1cc2c(c([N+]#[C-])c1[N+]#[C-])c1c3ccccc3c3ccccc3c1c1nc3ccccc3n21.[C-]#[N+]c1cc2c3c4ccccc4c4ccccc4c3c3nc4ccccc4n3c2cc1[N+]#[C-].[C-]#[N+]c1nc2c3c4ccccc4c4ccccc4c3c3nc4ccccc4n3c2nc1[N+]#[C-]. The minimum absolute atomic E-state index is 0.000950. The summed E-state index contributed by atoms with van der Waals surface area (Å²) in [6.07, 6.45) is 0. The molecule has 0 fully saturated rings. The van der Waals surface area contributed by atoms with Gasteiger partial charge in [0.1, 0.15) is 22.6 Å². The summed E-state index contributed by atoms with van der Waals surface area (Å²) in [6.45, 7) is 77.9. The molecule has 28 rings (SSSR count). The third-order valence-electron chi connectivity index (χ3n) is 26.6.